The first kappa shape index (κ1) is 7.21. The van der Waals surface area contributed by atoms with E-state index < -0.39 is 0 Å². The zero-order valence-corrected chi connectivity index (χ0v) is 5.13. The Balaban J connectivity index is 2.90. The zero-order chi connectivity index (χ0) is 6.24. The molecule has 0 aromatic heterocycles. The second kappa shape index (κ2) is 6.21. The second-order valence-corrected chi connectivity index (χ2v) is 1.28. The lowest BCUT2D eigenvalue weighted by Crippen LogP contribution is -1.80. The molecule has 0 rings (SSSR count). The predicted molar refractivity (Wildman–Crippen MR) is 34.9 cm³/mol. The van der Waals surface area contributed by atoms with Crippen LogP contribution in [0, 0.1) is 0 Å². The van der Waals surface area contributed by atoms with Gasteiger partial charge in [0.25, 0.3) is 0 Å². The van der Waals surface area contributed by atoms with Crippen LogP contribution in [0.4, 0.5) is 0 Å². The van der Waals surface area contributed by atoms with Crippen molar-refractivity contribution >= 4 is 6.21 Å². The molecule has 2 heteroatoms. The molecule has 0 bridgehead atoms. The van der Waals surface area contributed by atoms with Crippen molar-refractivity contribution < 1.29 is 4.84 Å². The third-order valence-corrected chi connectivity index (χ3v) is 0.524. The van der Waals surface area contributed by atoms with E-state index in [9.17, 15) is 0 Å². The number of hydrogen-bond donors (Lipinski definition) is 0. The maximum absolute atomic E-state index is 4.67. The molecule has 0 heterocycles. The van der Waals surface area contributed by atoms with Crippen molar-refractivity contribution in [3.63, 3.8) is 0 Å². The van der Waals surface area contributed by atoms with Gasteiger partial charge in [-0.3, -0.25) is 0 Å². The number of oxime groups is 1. The van der Waals surface area contributed by atoms with Crippen molar-refractivity contribution in [1.82, 2.24) is 0 Å². The van der Waals surface area contributed by atoms with Gasteiger partial charge in [-0.15, -0.1) is 0 Å². The number of hydrogen-bond acceptors (Lipinski definition) is 2. The molecule has 0 unspecified atom stereocenters. The average molecular weight is 113 g/mol. The quantitative estimate of drug-likeness (QED) is 0.235. The molecule has 0 saturated carbocycles. The van der Waals surface area contributed by atoms with E-state index in [2.05, 4.69) is 16.6 Å². The van der Waals surface area contributed by atoms with E-state index in [1.807, 2.05) is 6.92 Å². The van der Waals surface area contributed by atoms with Gasteiger partial charge in [0.2, 0.25) is 0 Å². The van der Waals surface area contributed by atoms with Gasteiger partial charge in [0.05, 0.1) is 0 Å². The Kier molecular flexibility index (Phi) is 5.60. The van der Waals surface area contributed by atoms with Gasteiger partial charge in [-0.25, -0.2) is 0 Å². The Morgan fingerprint density at radius 2 is 2.50 bits per heavy atom. The molecule has 0 spiro atoms. The normalized spacial score (nSPS) is 9.62. The molecule has 0 aromatic rings. The zero-order valence-electron chi connectivity index (χ0n) is 5.13. The lowest BCUT2D eigenvalue weighted by molar-refractivity contribution is 0.176. The summed E-state index contributed by atoms with van der Waals surface area (Å²) in [7, 11) is 0. The summed E-state index contributed by atoms with van der Waals surface area (Å²) in [5, 5.41) is 3.58. The lowest BCUT2D eigenvalue weighted by Gasteiger charge is -1.87. The third kappa shape index (κ3) is 5.21. The molecule has 0 aliphatic rings. The monoisotopic (exact) mass is 113 g/mol. The van der Waals surface area contributed by atoms with Crippen LogP contribution in [0.1, 0.15) is 13.3 Å². The topological polar surface area (TPSA) is 21.6 Å². The maximum Gasteiger partial charge on any atom is 0.135 e. The standard InChI is InChI=1S/C6H11NO/c1-3-5-7-8-6-4-2/h4-5H,2-3,6H2,1H3/b7-5-. The smallest absolute Gasteiger partial charge is 0.135 e. The van der Waals surface area contributed by atoms with Crippen LogP contribution in [0.25, 0.3) is 0 Å². The Hall–Kier alpha value is -0.790. The number of rotatable bonds is 4. The number of nitrogens with zero attached hydrogens (tertiary/aromatic N) is 1. The lowest BCUT2D eigenvalue weighted by atomic mass is 10.6. The molecule has 0 aliphatic heterocycles. The van der Waals surface area contributed by atoms with Crippen molar-refractivity contribution in [2.24, 2.45) is 5.16 Å². The van der Waals surface area contributed by atoms with Gasteiger partial charge < -0.3 is 4.84 Å². The molecule has 0 N–H and O–H groups in total. The van der Waals surface area contributed by atoms with Crippen LogP contribution in [0.2, 0.25) is 0 Å². The van der Waals surface area contributed by atoms with Crippen molar-refractivity contribution in [3.8, 4) is 0 Å². The molecule has 0 aromatic carbocycles. The summed E-state index contributed by atoms with van der Waals surface area (Å²) < 4.78 is 0. The molecule has 0 radical (unpaired) electrons. The van der Waals surface area contributed by atoms with Crippen molar-refractivity contribution in [2.45, 2.75) is 13.3 Å². The van der Waals surface area contributed by atoms with E-state index in [1.165, 1.54) is 0 Å². The SMILES string of the molecule is C=CCO/N=C\CC. The van der Waals surface area contributed by atoms with Gasteiger partial charge in [-0.1, -0.05) is 24.7 Å². The molecule has 0 atom stereocenters. The highest BCUT2D eigenvalue weighted by Crippen LogP contribution is 1.75. The van der Waals surface area contributed by atoms with Crippen molar-refractivity contribution in [1.29, 1.82) is 0 Å². The third-order valence-electron chi connectivity index (χ3n) is 0.524. The predicted octanol–water partition coefficient (Wildman–Crippen LogP) is 1.58. The van der Waals surface area contributed by atoms with E-state index in [0.29, 0.717) is 6.61 Å². The van der Waals surface area contributed by atoms with Crippen LogP contribution in [0.3, 0.4) is 0 Å². The summed E-state index contributed by atoms with van der Waals surface area (Å²) in [6, 6.07) is 0. The highest BCUT2D eigenvalue weighted by Gasteiger charge is 1.68. The fourth-order valence-corrected chi connectivity index (χ4v) is 0.223. The summed E-state index contributed by atoms with van der Waals surface area (Å²) >= 11 is 0. The molecule has 0 amide bonds. The maximum atomic E-state index is 4.67. The van der Waals surface area contributed by atoms with Crippen LogP contribution < -0.4 is 0 Å². The van der Waals surface area contributed by atoms with Crippen LogP contribution in [-0.2, 0) is 4.84 Å². The van der Waals surface area contributed by atoms with Crippen LogP contribution in [-0.4, -0.2) is 12.8 Å². The minimum Gasteiger partial charge on any atom is -0.392 e. The highest BCUT2D eigenvalue weighted by molar-refractivity contribution is 5.55. The first-order valence-corrected chi connectivity index (χ1v) is 2.66. The summed E-state index contributed by atoms with van der Waals surface area (Å²) in [4.78, 5) is 4.67. The summed E-state index contributed by atoms with van der Waals surface area (Å²) in [6.07, 6.45) is 4.29. The van der Waals surface area contributed by atoms with E-state index in [1.54, 1.807) is 12.3 Å². The van der Waals surface area contributed by atoms with Crippen molar-refractivity contribution in [2.75, 3.05) is 6.61 Å². The Morgan fingerprint density at radius 3 is 3.00 bits per heavy atom. The van der Waals surface area contributed by atoms with E-state index in [0.717, 1.165) is 6.42 Å². The van der Waals surface area contributed by atoms with Crippen LogP contribution >= 0.6 is 0 Å². The van der Waals surface area contributed by atoms with E-state index >= 15 is 0 Å². The van der Waals surface area contributed by atoms with Gasteiger partial charge in [0.15, 0.2) is 0 Å². The Labute approximate surface area is 49.8 Å². The molecule has 8 heavy (non-hydrogen) atoms. The van der Waals surface area contributed by atoms with E-state index in [-0.39, 0.29) is 0 Å². The molecular weight excluding hydrogens is 102 g/mol. The van der Waals surface area contributed by atoms with Crippen LogP contribution in [0.15, 0.2) is 17.8 Å². The van der Waals surface area contributed by atoms with Gasteiger partial charge >= 0.3 is 0 Å². The average Bonchev–Trinajstić information content (AvgIpc) is 1.81. The largest absolute Gasteiger partial charge is 0.392 e. The van der Waals surface area contributed by atoms with Gasteiger partial charge in [-0.05, 0) is 6.42 Å². The molecule has 0 aliphatic carbocycles. The molecule has 46 valence electrons. The summed E-state index contributed by atoms with van der Waals surface area (Å²) in [5.74, 6) is 0. The van der Waals surface area contributed by atoms with E-state index in [4.69, 9.17) is 0 Å². The summed E-state index contributed by atoms with van der Waals surface area (Å²) in [5.41, 5.74) is 0. The molecule has 0 saturated heterocycles. The van der Waals surface area contributed by atoms with Crippen molar-refractivity contribution in [3.05, 3.63) is 12.7 Å². The molecule has 2 nitrogen and oxygen atoms in total. The summed E-state index contributed by atoms with van der Waals surface area (Å²) in [6.45, 7) is 5.96. The molecular formula is C6H11NO. The van der Waals surface area contributed by atoms with Gasteiger partial charge in [0.1, 0.15) is 6.61 Å². The van der Waals surface area contributed by atoms with Gasteiger partial charge in [0, 0.05) is 6.21 Å². The fraction of sp³-hybridized carbons (Fsp3) is 0.500. The Bertz CT molecular complexity index is 78.6. The molecule has 0 fully saturated rings. The van der Waals surface area contributed by atoms with Gasteiger partial charge in [-0.2, -0.15) is 0 Å². The first-order chi connectivity index (χ1) is 3.91. The minimum absolute atomic E-state index is 0.497. The van der Waals surface area contributed by atoms with Crippen LogP contribution in [0.5, 0.6) is 0 Å². The minimum atomic E-state index is 0.497. The highest BCUT2D eigenvalue weighted by atomic mass is 16.6. The first-order valence-electron chi connectivity index (χ1n) is 2.66. The second-order valence-electron chi connectivity index (χ2n) is 1.28. The Morgan fingerprint density at radius 1 is 1.75 bits per heavy atom. The fourth-order valence-electron chi connectivity index (χ4n) is 0.223.